The van der Waals surface area contributed by atoms with E-state index in [-0.39, 0.29) is 5.69 Å². The molecular weight excluding hydrogens is 180 g/mol. The average Bonchev–Trinajstić information content (AvgIpc) is 2.45. The molecule has 0 atom stereocenters. The number of aromatic amines is 1. The van der Waals surface area contributed by atoms with E-state index in [1.165, 1.54) is 25.7 Å². The third kappa shape index (κ3) is 2.10. The quantitative estimate of drug-likeness (QED) is 0.709. The van der Waals surface area contributed by atoms with Crippen LogP contribution in [0.5, 0.6) is 0 Å². The van der Waals surface area contributed by atoms with Crippen molar-refractivity contribution in [3.05, 3.63) is 16.7 Å². The van der Waals surface area contributed by atoms with E-state index in [0.29, 0.717) is 5.82 Å². The molecule has 1 aromatic rings. The molecule has 5 heteroatoms. The van der Waals surface area contributed by atoms with E-state index < -0.39 is 0 Å². The third-order valence-electron chi connectivity index (χ3n) is 2.49. The molecule has 76 valence electrons. The topological polar surface area (TPSA) is 61.9 Å². The van der Waals surface area contributed by atoms with E-state index >= 15 is 0 Å². The maximum absolute atomic E-state index is 11.0. The Balaban J connectivity index is 2.16. The molecule has 0 bridgehead atoms. The van der Waals surface area contributed by atoms with Crippen molar-refractivity contribution < 1.29 is 0 Å². The van der Waals surface area contributed by atoms with Gasteiger partial charge in [-0.2, -0.15) is 10.1 Å². The van der Waals surface area contributed by atoms with Crippen LogP contribution >= 0.6 is 0 Å². The van der Waals surface area contributed by atoms with Gasteiger partial charge in [-0.25, -0.2) is 9.89 Å². The van der Waals surface area contributed by atoms with E-state index in [2.05, 4.69) is 20.1 Å². The second-order valence-electron chi connectivity index (χ2n) is 3.55. The van der Waals surface area contributed by atoms with Gasteiger partial charge in [-0.1, -0.05) is 12.8 Å². The Labute approximate surface area is 82.2 Å². The van der Waals surface area contributed by atoms with Crippen LogP contribution < -0.4 is 10.6 Å². The van der Waals surface area contributed by atoms with Crippen LogP contribution in [0.25, 0.3) is 0 Å². The fourth-order valence-electron chi connectivity index (χ4n) is 1.76. The van der Waals surface area contributed by atoms with Gasteiger partial charge in [-0.15, -0.1) is 0 Å². The Bertz CT molecular complexity index is 341. The van der Waals surface area contributed by atoms with Crippen molar-refractivity contribution in [2.24, 2.45) is 0 Å². The van der Waals surface area contributed by atoms with Crippen molar-refractivity contribution in [1.82, 2.24) is 15.2 Å². The van der Waals surface area contributed by atoms with Gasteiger partial charge < -0.3 is 4.90 Å². The summed E-state index contributed by atoms with van der Waals surface area (Å²) in [6.07, 6.45) is 6.51. The lowest BCUT2D eigenvalue weighted by Crippen LogP contribution is -2.28. The van der Waals surface area contributed by atoms with E-state index in [1.54, 1.807) is 6.20 Å². The SMILES string of the molecule is O=c1nc(N2CCCCCC2)cn[nH]1. The van der Waals surface area contributed by atoms with E-state index in [9.17, 15) is 4.79 Å². The zero-order chi connectivity index (χ0) is 9.80. The van der Waals surface area contributed by atoms with Gasteiger partial charge in [0.25, 0.3) is 0 Å². The lowest BCUT2D eigenvalue weighted by Gasteiger charge is -2.19. The second-order valence-corrected chi connectivity index (χ2v) is 3.55. The van der Waals surface area contributed by atoms with Crippen LogP contribution in [0, 0.1) is 0 Å². The van der Waals surface area contributed by atoms with E-state index in [0.717, 1.165) is 13.1 Å². The molecule has 5 nitrogen and oxygen atoms in total. The van der Waals surface area contributed by atoms with Gasteiger partial charge in [-0.3, -0.25) is 0 Å². The molecule has 0 saturated carbocycles. The van der Waals surface area contributed by atoms with Crippen molar-refractivity contribution in [3.8, 4) is 0 Å². The fraction of sp³-hybridized carbons (Fsp3) is 0.667. The summed E-state index contributed by atoms with van der Waals surface area (Å²) in [7, 11) is 0. The van der Waals surface area contributed by atoms with Crippen molar-refractivity contribution in [3.63, 3.8) is 0 Å². The average molecular weight is 194 g/mol. The Kier molecular flexibility index (Phi) is 2.76. The number of hydrogen-bond donors (Lipinski definition) is 1. The minimum Gasteiger partial charge on any atom is -0.355 e. The lowest BCUT2D eigenvalue weighted by molar-refractivity contribution is 0.726. The molecule has 1 N–H and O–H groups in total. The highest BCUT2D eigenvalue weighted by molar-refractivity contribution is 5.34. The smallest absolute Gasteiger partial charge is 0.355 e. The van der Waals surface area contributed by atoms with Crippen molar-refractivity contribution in [2.75, 3.05) is 18.0 Å². The van der Waals surface area contributed by atoms with Crippen molar-refractivity contribution in [1.29, 1.82) is 0 Å². The first kappa shape index (κ1) is 9.18. The number of nitrogens with one attached hydrogen (secondary N) is 1. The summed E-state index contributed by atoms with van der Waals surface area (Å²) in [5.41, 5.74) is -0.369. The third-order valence-corrected chi connectivity index (χ3v) is 2.49. The van der Waals surface area contributed by atoms with E-state index in [1.807, 2.05) is 0 Å². The summed E-state index contributed by atoms with van der Waals surface area (Å²) in [5.74, 6) is 0.704. The van der Waals surface area contributed by atoms with Crippen LogP contribution in [0.1, 0.15) is 25.7 Å². The molecule has 0 aromatic carbocycles. The summed E-state index contributed by atoms with van der Waals surface area (Å²) in [6, 6.07) is 0. The zero-order valence-electron chi connectivity index (χ0n) is 8.07. The minimum atomic E-state index is -0.369. The molecule has 1 aromatic heterocycles. The Hall–Kier alpha value is -1.39. The highest BCUT2D eigenvalue weighted by Crippen LogP contribution is 2.14. The molecule has 2 rings (SSSR count). The second kappa shape index (κ2) is 4.21. The van der Waals surface area contributed by atoms with Crippen LogP contribution in [0.4, 0.5) is 5.82 Å². The number of nitrogens with zero attached hydrogens (tertiary/aromatic N) is 3. The van der Waals surface area contributed by atoms with Crippen molar-refractivity contribution >= 4 is 5.82 Å². The maximum Gasteiger partial charge on any atom is 0.363 e. The zero-order valence-corrected chi connectivity index (χ0v) is 8.07. The van der Waals surface area contributed by atoms with Crippen LogP contribution in [0.3, 0.4) is 0 Å². The van der Waals surface area contributed by atoms with Crippen LogP contribution in [-0.2, 0) is 0 Å². The van der Waals surface area contributed by atoms with Gasteiger partial charge >= 0.3 is 5.69 Å². The molecule has 0 radical (unpaired) electrons. The van der Waals surface area contributed by atoms with Crippen LogP contribution in [0.2, 0.25) is 0 Å². The van der Waals surface area contributed by atoms with Gasteiger partial charge in [-0.05, 0) is 12.8 Å². The molecule has 0 unspecified atom stereocenters. The molecule has 2 heterocycles. The predicted octanol–water partition coefficient (Wildman–Crippen LogP) is 0.545. The van der Waals surface area contributed by atoms with Gasteiger partial charge in [0, 0.05) is 13.1 Å². The van der Waals surface area contributed by atoms with Gasteiger partial charge in [0.05, 0.1) is 6.20 Å². The highest BCUT2D eigenvalue weighted by atomic mass is 16.1. The Morgan fingerprint density at radius 3 is 2.57 bits per heavy atom. The minimum absolute atomic E-state index is 0.369. The summed E-state index contributed by atoms with van der Waals surface area (Å²) in [6.45, 7) is 1.97. The monoisotopic (exact) mass is 194 g/mol. The number of hydrogen-bond acceptors (Lipinski definition) is 4. The molecular formula is C9H14N4O. The largest absolute Gasteiger partial charge is 0.363 e. The molecule has 0 spiro atoms. The fourth-order valence-corrected chi connectivity index (χ4v) is 1.76. The Morgan fingerprint density at radius 2 is 1.93 bits per heavy atom. The first-order valence-corrected chi connectivity index (χ1v) is 5.03. The number of rotatable bonds is 1. The molecule has 14 heavy (non-hydrogen) atoms. The summed E-state index contributed by atoms with van der Waals surface area (Å²) >= 11 is 0. The van der Waals surface area contributed by atoms with Crippen molar-refractivity contribution in [2.45, 2.75) is 25.7 Å². The first-order valence-electron chi connectivity index (χ1n) is 5.03. The van der Waals surface area contributed by atoms with Gasteiger partial charge in [0.2, 0.25) is 0 Å². The molecule has 0 aliphatic carbocycles. The first-order chi connectivity index (χ1) is 6.86. The molecule has 1 saturated heterocycles. The molecule has 1 fully saturated rings. The maximum atomic E-state index is 11.0. The van der Waals surface area contributed by atoms with E-state index in [4.69, 9.17) is 0 Å². The lowest BCUT2D eigenvalue weighted by atomic mass is 10.2. The van der Waals surface area contributed by atoms with Crippen LogP contribution in [0.15, 0.2) is 11.0 Å². The molecule has 1 aliphatic rings. The number of anilines is 1. The highest BCUT2D eigenvalue weighted by Gasteiger charge is 2.11. The van der Waals surface area contributed by atoms with Crippen LogP contribution in [-0.4, -0.2) is 28.3 Å². The Morgan fingerprint density at radius 1 is 1.21 bits per heavy atom. The molecule has 0 amide bonds. The van der Waals surface area contributed by atoms with Gasteiger partial charge in [0.15, 0.2) is 5.82 Å². The molecule has 1 aliphatic heterocycles. The number of H-pyrrole nitrogens is 1. The summed E-state index contributed by atoms with van der Waals surface area (Å²) < 4.78 is 0. The summed E-state index contributed by atoms with van der Waals surface area (Å²) in [5, 5.41) is 6.03. The summed E-state index contributed by atoms with van der Waals surface area (Å²) in [4.78, 5) is 17.0. The van der Waals surface area contributed by atoms with Gasteiger partial charge in [0.1, 0.15) is 0 Å². The predicted molar refractivity (Wildman–Crippen MR) is 53.3 cm³/mol. The normalized spacial score (nSPS) is 17.9. The standard InChI is InChI=1S/C9H14N4O/c14-9-11-8(7-10-12-9)13-5-3-1-2-4-6-13/h7H,1-6H2,(H,11,12,14). The number of aromatic nitrogens is 3.